The minimum atomic E-state index is 0.332. The second-order valence-corrected chi connectivity index (χ2v) is 5.51. The van der Waals surface area contributed by atoms with E-state index in [1.807, 2.05) is 0 Å². The van der Waals surface area contributed by atoms with E-state index in [-0.39, 0.29) is 0 Å². The Morgan fingerprint density at radius 2 is 1.88 bits per heavy atom. The van der Waals surface area contributed by atoms with E-state index in [9.17, 15) is 4.79 Å². The van der Waals surface area contributed by atoms with Gasteiger partial charge in [-0.25, -0.2) is 0 Å². The van der Waals surface area contributed by atoms with Gasteiger partial charge in [-0.1, -0.05) is 19.3 Å². The Labute approximate surface area is 105 Å². The van der Waals surface area contributed by atoms with Gasteiger partial charge in [0.05, 0.1) is 0 Å². The molecule has 1 unspecified atom stereocenters. The number of rotatable bonds is 4. The van der Waals surface area contributed by atoms with E-state index in [1.165, 1.54) is 32.1 Å². The van der Waals surface area contributed by atoms with Crippen molar-refractivity contribution in [1.82, 2.24) is 10.2 Å². The number of amides is 1. The Balaban J connectivity index is 1.83. The molecule has 1 amide bonds. The zero-order valence-corrected chi connectivity index (χ0v) is 11.1. The SMILES string of the molecule is CCN(CC1CCCCN1)C(=O)C1CCCC1. The van der Waals surface area contributed by atoms with Crippen LogP contribution in [0.2, 0.25) is 0 Å². The van der Waals surface area contributed by atoms with Gasteiger partial charge >= 0.3 is 0 Å². The van der Waals surface area contributed by atoms with Gasteiger partial charge in [0.1, 0.15) is 0 Å². The van der Waals surface area contributed by atoms with Crippen molar-refractivity contribution in [2.24, 2.45) is 5.92 Å². The third kappa shape index (κ3) is 3.44. The Kier molecular flexibility index (Phi) is 4.84. The van der Waals surface area contributed by atoms with Gasteiger partial charge in [0.15, 0.2) is 0 Å². The number of carbonyl (C=O) groups excluding carboxylic acids is 1. The molecule has 0 bridgehead atoms. The summed E-state index contributed by atoms with van der Waals surface area (Å²) in [4.78, 5) is 14.4. The zero-order chi connectivity index (χ0) is 12.1. The predicted octanol–water partition coefficient (Wildman–Crippen LogP) is 2.17. The van der Waals surface area contributed by atoms with Crippen molar-refractivity contribution < 1.29 is 4.79 Å². The van der Waals surface area contributed by atoms with Crippen LogP contribution in [-0.4, -0.2) is 36.5 Å². The maximum Gasteiger partial charge on any atom is 0.225 e. The lowest BCUT2D eigenvalue weighted by Crippen LogP contribution is -2.47. The first-order valence-electron chi connectivity index (χ1n) is 7.33. The summed E-state index contributed by atoms with van der Waals surface area (Å²) in [5.74, 6) is 0.746. The molecule has 1 N–H and O–H groups in total. The lowest BCUT2D eigenvalue weighted by molar-refractivity contribution is -0.135. The van der Waals surface area contributed by atoms with Crippen LogP contribution in [0.5, 0.6) is 0 Å². The molecular formula is C14H26N2O. The van der Waals surface area contributed by atoms with Gasteiger partial charge < -0.3 is 10.2 Å². The van der Waals surface area contributed by atoms with Crippen LogP contribution < -0.4 is 5.32 Å². The van der Waals surface area contributed by atoms with Crippen LogP contribution >= 0.6 is 0 Å². The molecule has 3 heteroatoms. The molecule has 1 atom stereocenters. The fraction of sp³-hybridized carbons (Fsp3) is 0.929. The van der Waals surface area contributed by atoms with E-state index in [1.54, 1.807) is 0 Å². The average molecular weight is 238 g/mol. The highest BCUT2D eigenvalue weighted by Crippen LogP contribution is 2.26. The Morgan fingerprint density at radius 3 is 2.47 bits per heavy atom. The van der Waals surface area contributed by atoms with E-state index in [0.717, 1.165) is 32.5 Å². The van der Waals surface area contributed by atoms with Gasteiger partial charge in [0.25, 0.3) is 0 Å². The highest BCUT2D eigenvalue weighted by Gasteiger charge is 2.28. The fourth-order valence-corrected chi connectivity index (χ4v) is 3.15. The lowest BCUT2D eigenvalue weighted by atomic mass is 10.0. The highest BCUT2D eigenvalue weighted by molar-refractivity contribution is 5.79. The highest BCUT2D eigenvalue weighted by atomic mass is 16.2. The normalized spacial score (nSPS) is 26.1. The predicted molar refractivity (Wildman–Crippen MR) is 69.9 cm³/mol. The molecule has 0 aromatic heterocycles. The van der Waals surface area contributed by atoms with Crippen LogP contribution in [0.25, 0.3) is 0 Å². The van der Waals surface area contributed by atoms with Crippen molar-refractivity contribution in [3.63, 3.8) is 0 Å². The molecule has 0 aromatic carbocycles. The summed E-state index contributed by atoms with van der Waals surface area (Å²) in [6, 6.07) is 0.536. The van der Waals surface area contributed by atoms with E-state index in [0.29, 0.717) is 17.9 Å². The van der Waals surface area contributed by atoms with E-state index >= 15 is 0 Å². The van der Waals surface area contributed by atoms with Crippen molar-refractivity contribution in [1.29, 1.82) is 0 Å². The van der Waals surface area contributed by atoms with Crippen molar-refractivity contribution >= 4 is 5.91 Å². The Hall–Kier alpha value is -0.570. The molecule has 0 radical (unpaired) electrons. The summed E-state index contributed by atoms with van der Waals surface area (Å²) in [7, 11) is 0. The number of nitrogens with zero attached hydrogens (tertiary/aromatic N) is 1. The number of carbonyl (C=O) groups is 1. The number of hydrogen-bond donors (Lipinski definition) is 1. The first kappa shape index (κ1) is 12.9. The van der Waals surface area contributed by atoms with Gasteiger partial charge in [-0.15, -0.1) is 0 Å². The minimum absolute atomic E-state index is 0.332. The van der Waals surface area contributed by atoms with Crippen molar-refractivity contribution in [2.75, 3.05) is 19.6 Å². The van der Waals surface area contributed by atoms with Gasteiger partial charge in [0.2, 0.25) is 5.91 Å². The first-order valence-corrected chi connectivity index (χ1v) is 7.33. The molecule has 2 aliphatic rings. The summed E-state index contributed by atoms with van der Waals surface area (Å²) in [6.45, 7) is 5.02. The molecule has 1 heterocycles. The Morgan fingerprint density at radius 1 is 1.18 bits per heavy atom. The maximum atomic E-state index is 12.3. The first-order chi connectivity index (χ1) is 8.31. The second kappa shape index (κ2) is 6.39. The quantitative estimate of drug-likeness (QED) is 0.814. The average Bonchev–Trinajstić information content (AvgIpc) is 2.90. The molecule has 0 aromatic rings. The molecular weight excluding hydrogens is 212 g/mol. The molecule has 17 heavy (non-hydrogen) atoms. The van der Waals surface area contributed by atoms with Crippen LogP contribution in [0.3, 0.4) is 0 Å². The lowest BCUT2D eigenvalue weighted by Gasteiger charge is -2.31. The second-order valence-electron chi connectivity index (χ2n) is 5.51. The number of likely N-dealkylation sites (N-methyl/N-ethyl adjacent to an activating group) is 1. The molecule has 1 aliphatic heterocycles. The monoisotopic (exact) mass is 238 g/mol. The summed E-state index contributed by atoms with van der Waals surface area (Å²) >= 11 is 0. The van der Waals surface area contributed by atoms with Crippen molar-refractivity contribution in [3.8, 4) is 0 Å². The number of piperidine rings is 1. The van der Waals surface area contributed by atoms with Crippen LogP contribution in [0.15, 0.2) is 0 Å². The third-order valence-corrected chi connectivity index (χ3v) is 4.25. The fourth-order valence-electron chi connectivity index (χ4n) is 3.15. The molecule has 1 aliphatic carbocycles. The van der Waals surface area contributed by atoms with Crippen LogP contribution in [0, 0.1) is 5.92 Å². The molecule has 1 saturated carbocycles. The number of nitrogens with one attached hydrogen (secondary N) is 1. The number of hydrogen-bond acceptors (Lipinski definition) is 2. The molecule has 2 rings (SSSR count). The van der Waals surface area contributed by atoms with Gasteiger partial charge in [-0.3, -0.25) is 4.79 Å². The van der Waals surface area contributed by atoms with Gasteiger partial charge in [-0.05, 0) is 39.2 Å². The maximum absolute atomic E-state index is 12.3. The molecule has 2 fully saturated rings. The van der Waals surface area contributed by atoms with Crippen molar-refractivity contribution in [2.45, 2.75) is 57.9 Å². The van der Waals surface area contributed by atoms with E-state index < -0.39 is 0 Å². The van der Waals surface area contributed by atoms with Gasteiger partial charge in [0, 0.05) is 25.0 Å². The van der Waals surface area contributed by atoms with E-state index in [2.05, 4.69) is 17.1 Å². The largest absolute Gasteiger partial charge is 0.341 e. The van der Waals surface area contributed by atoms with Crippen LogP contribution in [0.4, 0.5) is 0 Å². The summed E-state index contributed by atoms with van der Waals surface area (Å²) < 4.78 is 0. The molecule has 98 valence electrons. The van der Waals surface area contributed by atoms with Crippen LogP contribution in [0.1, 0.15) is 51.9 Å². The topological polar surface area (TPSA) is 32.3 Å². The standard InChI is InChI=1S/C14H26N2O/c1-2-16(11-13-9-5-6-10-15-13)14(17)12-7-3-4-8-12/h12-13,15H,2-11H2,1H3. The summed E-state index contributed by atoms with van der Waals surface area (Å²) in [5.41, 5.74) is 0. The molecule has 0 spiro atoms. The van der Waals surface area contributed by atoms with Crippen molar-refractivity contribution in [3.05, 3.63) is 0 Å². The summed E-state index contributed by atoms with van der Waals surface area (Å²) in [5, 5.41) is 3.54. The molecule has 1 saturated heterocycles. The summed E-state index contributed by atoms with van der Waals surface area (Å²) in [6.07, 6.45) is 8.56. The zero-order valence-electron chi connectivity index (χ0n) is 11.1. The smallest absolute Gasteiger partial charge is 0.225 e. The van der Waals surface area contributed by atoms with Crippen LogP contribution in [-0.2, 0) is 4.79 Å². The Bertz CT molecular complexity index is 243. The minimum Gasteiger partial charge on any atom is -0.341 e. The third-order valence-electron chi connectivity index (χ3n) is 4.25. The van der Waals surface area contributed by atoms with Gasteiger partial charge in [-0.2, -0.15) is 0 Å². The van der Waals surface area contributed by atoms with E-state index in [4.69, 9.17) is 0 Å². The molecule has 3 nitrogen and oxygen atoms in total.